The zero-order chi connectivity index (χ0) is 94.9. The molecule has 10 aliphatic heterocycles. The lowest BCUT2D eigenvalue weighted by atomic mass is 10.0. The van der Waals surface area contributed by atoms with Crippen LogP contribution in [0.2, 0.25) is 0 Å². The van der Waals surface area contributed by atoms with Crippen LogP contribution in [0.25, 0.3) is 0 Å². The summed E-state index contributed by atoms with van der Waals surface area (Å²) in [7, 11) is 0. The van der Waals surface area contributed by atoms with Gasteiger partial charge in [-0.15, -0.1) is 0 Å². The van der Waals surface area contributed by atoms with Gasteiger partial charge in [-0.25, -0.2) is 0 Å². The number of piperazine rings is 9. The predicted molar refractivity (Wildman–Crippen MR) is 548 cm³/mol. The van der Waals surface area contributed by atoms with Crippen molar-refractivity contribution in [1.29, 1.82) is 0 Å². The molecule has 0 aromatic heterocycles. The molecule has 10 fully saturated rings. The van der Waals surface area contributed by atoms with Gasteiger partial charge in [0, 0.05) is 336 Å². The molecule has 10 rings (SSSR count). The molecule has 0 spiro atoms. The second-order valence-corrected chi connectivity index (χ2v) is 46.1. The Morgan fingerprint density at radius 2 is 0.285 bits per heavy atom. The zero-order valence-corrected chi connectivity index (χ0v) is 92.5. The van der Waals surface area contributed by atoms with Gasteiger partial charge in [0.05, 0.1) is 0 Å². The standard InChI is InChI=1S/6C12H26N2.C11H22N2.2C11H24N2/c4*1-9(2)13-7-11(5)14(10(3)4)12(6)8-13;2*1-9(2)13-7-8-14(10(3)4)12(6)11(13)5;1-8(2)12-6-11-5-10(12)7-13(11)9(3)4;2*1-9(2)12-6-7-13(10(3)4)11(5)8-12/h6*9-12H,7-8H2,1-6H3;8-11H,5-7H2,1-4H3;2*9-11H,6-8H2,1-5H3/t2*11-,12+;2*11-,12-;11-,12+;11-,12-;10-,11-;2*11-/m..10.1110/s1. The van der Waals surface area contributed by atoms with Crippen LogP contribution in [0.5, 0.6) is 0 Å². The van der Waals surface area contributed by atoms with Crippen molar-refractivity contribution in [1.82, 2.24) is 88.2 Å². The molecular weight excluding hydrogens is 1510 g/mol. The first-order valence-corrected chi connectivity index (χ1v) is 52.4. The fraction of sp³-hybridized carbons (Fsp3) is 1.00. The highest BCUT2D eigenvalue weighted by Crippen LogP contribution is 2.34. The van der Waals surface area contributed by atoms with Crippen molar-refractivity contribution in [3.63, 3.8) is 0 Å². The van der Waals surface area contributed by atoms with Crippen molar-refractivity contribution in [2.24, 2.45) is 0 Å². The fourth-order valence-corrected chi connectivity index (χ4v) is 24.0. The molecule has 10 heterocycles. The van der Waals surface area contributed by atoms with E-state index in [1.54, 1.807) is 0 Å². The van der Waals surface area contributed by atoms with Gasteiger partial charge in [-0.1, -0.05) is 0 Å². The highest BCUT2D eigenvalue weighted by atomic mass is 15.4. The molecule has 0 N–H and O–H groups in total. The SMILES string of the molecule is CC(C)N1CCN(C(C)C)[C@@H](C)C1.CC(C)N1CCN(C(C)C)[C@@H](C)[C@H]1C.CC(C)N1CCN(C(C)C)[C@H](C)C1.CC(C)N1CCN(C(C)C)[C@H](C)[C@H]1C.CC(C)N1C[C@@H](C)N(C(C)C)[C@@H](C)C1.CC(C)N1C[C@@H](C)N(C(C)C)[C@@H](C)C1.CC(C)N1C[C@@H](C)N(C(C)C)[C@H](C)C1.CC(C)N1C[C@H](C)N(C(C)C)[C@@H](C)C1.CC(C)N1C[C@H]2C[C@@H]1CN2C(C)C. The van der Waals surface area contributed by atoms with Crippen molar-refractivity contribution in [3.05, 3.63) is 0 Å². The number of rotatable bonds is 18. The molecule has 0 radical (unpaired) electrons. The predicted octanol–water partition coefficient (Wildman–Crippen LogP) is 18.4. The summed E-state index contributed by atoms with van der Waals surface area (Å²) in [5.41, 5.74) is 0. The Labute approximate surface area is 772 Å². The van der Waals surface area contributed by atoms with Crippen LogP contribution in [0, 0.1) is 0 Å². The molecule has 0 unspecified atom stereocenters. The first-order chi connectivity index (χ1) is 56.7. The Bertz CT molecular complexity index is 2330. The average molecular weight is 1740 g/mol. The Hall–Kier alpha value is -0.720. The number of nitrogens with zero attached hydrogens (tertiary/aromatic N) is 18. The third-order valence-electron chi connectivity index (χ3n) is 30.6. The molecule has 0 saturated carbocycles. The van der Waals surface area contributed by atoms with Crippen molar-refractivity contribution < 1.29 is 0 Å². The molecule has 123 heavy (non-hydrogen) atoms. The largest absolute Gasteiger partial charge is 0.298 e. The first-order valence-electron chi connectivity index (χ1n) is 52.4. The van der Waals surface area contributed by atoms with Gasteiger partial charge < -0.3 is 0 Å². The summed E-state index contributed by atoms with van der Waals surface area (Å²) in [4.78, 5) is 47.1. The van der Waals surface area contributed by atoms with Gasteiger partial charge in [0.25, 0.3) is 0 Å². The summed E-state index contributed by atoms with van der Waals surface area (Å²) in [5, 5.41) is 0. The van der Waals surface area contributed by atoms with E-state index in [4.69, 9.17) is 0 Å². The molecule has 18 heteroatoms. The number of likely N-dealkylation sites (tertiary alicyclic amines) is 2. The van der Waals surface area contributed by atoms with Crippen LogP contribution in [-0.4, -0.2) is 425 Å². The second kappa shape index (κ2) is 56.5. The highest BCUT2D eigenvalue weighted by Gasteiger charge is 2.45. The van der Waals surface area contributed by atoms with Crippen LogP contribution < -0.4 is 0 Å². The third-order valence-corrected chi connectivity index (χ3v) is 30.6. The lowest BCUT2D eigenvalue weighted by Crippen LogP contribution is -2.60. The molecule has 2 bridgehead atoms. The van der Waals surface area contributed by atoms with Crippen LogP contribution in [0.1, 0.15) is 353 Å². The smallest absolute Gasteiger partial charge is 0.0242 e. The van der Waals surface area contributed by atoms with Crippen molar-refractivity contribution in [2.45, 2.75) is 558 Å². The number of fused-ring (bicyclic) bond motifs is 2. The van der Waals surface area contributed by atoms with Gasteiger partial charge in [-0.2, -0.15) is 0 Å². The second-order valence-electron chi connectivity index (χ2n) is 46.1. The Kier molecular flexibility index (Phi) is 54.3. The van der Waals surface area contributed by atoms with Crippen molar-refractivity contribution in [2.75, 3.05) is 131 Å². The summed E-state index contributed by atoms with van der Waals surface area (Å²) in [5.74, 6) is 0. The lowest BCUT2D eigenvalue weighted by molar-refractivity contribution is 0.00129. The average Bonchev–Trinajstić information content (AvgIpc) is 1.62. The van der Waals surface area contributed by atoms with E-state index in [2.05, 4.69) is 434 Å². The van der Waals surface area contributed by atoms with Gasteiger partial charge in [0.1, 0.15) is 0 Å². The molecule has 0 amide bonds. The maximum atomic E-state index is 2.67. The summed E-state index contributed by atoms with van der Waals surface area (Å²) in [6.07, 6.45) is 1.41. The minimum atomic E-state index is 0.675. The highest BCUT2D eigenvalue weighted by molar-refractivity contribution is 5.02. The van der Waals surface area contributed by atoms with Crippen LogP contribution in [-0.2, 0) is 0 Å². The van der Waals surface area contributed by atoms with Crippen LogP contribution in [0.3, 0.4) is 0 Å². The normalized spacial score (nSPS) is 31.2. The number of hydrogen-bond donors (Lipinski definition) is 0. The first kappa shape index (κ1) is 118. The molecule has 0 aliphatic carbocycles. The van der Waals surface area contributed by atoms with Gasteiger partial charge in [-0.05, 0) is 353 Å². The van der Waals surface area contributed by atoms with Gasteiger partial charge >= 0.3 is 0 Å². The Morgan fingerprint density at radius 3 is 0.407 bits per heavy atom. The molecule has 10 aliphatic rings. The summed E-state index contributed by atoms with van der Waals surface area (Å²) in [6.45, 7) is 140. The fourth-order valence-electron chi connectivity index (χ4n) is 24.0. The van der Waals surface area contributed by atoms with Crippen molar-refractivity contribution >= 4 is 0 Å². The zero-order valence-electron chi connectivity index (χ0n) is 92.5. The molecular formula is C105H226N18. The van der Waals surface area contributed by atoms with E-state index in [9.17, 15) is 0 Å². The molecule has 16 atom stereocenters. The van der Waals surface area contributed by atoms with E-state index >= 15 is 0 Å². The van der Waals surface area contributed by atoms with Gasteiger partial charge in [0.2, 0.25) is 0 Å². The molecule has 0 aromatic rings. The van der Waals surface area contributed by atoms with Crippen LogP contribution in [0.15, 0.2) is 0 Å². The van der Waals surface area contributed by atoms with Gasteiger partial charge in [0.15, 0.2) is 0 Å². The third kappa shape index (κ3) is 37.2. The Morgan fingerprint density at radius 1 is 0.138 bits per heavy atom. The molecule has 736 valence electrons. The topological polar surface area (TPSA) is 58.3 Å². The lowest BCUT2D eigenvalue weighted by Gasteiger charge is -2.48. The van der Waals surface area contributed by atoms with E-state index in [0.717, 1.165) is 36.3 Å². The Balaban J connectivity index is 0.000000469. The monoisotopic (exact) mass is 1740 g/mol. The van der Waals surface area contributed by atoms with E-state index in [1.165, 1.54) is 137 Å². The summed E-state index contributed by atoms with van der Waals surface area (Å²) >= 11 is 0. The maximum absolute atomic E-state index is 2.67. The van der Waals surface area contributed by atoms with E-state index < -0.39 is 0 Å². The van der Waals surface area contributed by atoms with E-state index in [1.807, 2.05) is 0 Å². The minimum Gasteiger partial charge on any atom is -0.298 e. The van der Waals surface area contributed by atoms with Crippen molar-refractivity contribution in [3.8, 4) is 0 Å². The molecule has 10 saturated heterocycles. The van der Waals surface area contributed by atoms with E-state index in [-0.39, 0.29) is 0 Å². The summed E-state index contributed by atoms with van der Waals surface area (Å²) in [6, 6.07) is 23.9. The minimum absolute atomic E-state index is 0.675. The van der Waals surface area contributed by atoms with Crippen LogP contribution >= 0.6 is 0 Å². The molecule has 18 nitrogen and oxygen atoms in total. The number of hydrogen-bond acceptors (Lipinski definition) is 18. The quantitative estimate of drug-likeness (QED) is 0.131. The van der Waals surface area contributed by atoms with Crippen LogP contribution in [0.4, 0.5) is 0 Å². The van der Waals surface area contributed by atoms with E-state index in [0.29, 0.717) is 169 Å². The molecule has 0 aromatic carbocycles. The van der Waals surface area contributed by atoms with Gasteiger partial charge in [-0.3, -0.25) is 88.2 Å². The summed E-state index contributed by atoms with van der Waals surface area (Å²) < 4.78 is 0. The maximum Gasteiger partial charge on any atom is 0.0242 e.